The average Bonchev–Trinajstić information content (AvgIpc) is 2.44. The van der Waals surface area contributed by atoms with E-state index in [1.54, 1.807) is 36.8 Å². The molecule has 4 nitrogen and oxygen atoms in total. The molecule has 0 spiro atoms. The summed E-state index contributed by atoms with van der Waals surface area (Å²) >= 11 is 0. The quantitative estimate of drug-likeness (QED) is 0.628. The first kappa shape index (κ1) is 12.9. The number of nitriles is 2. The minimum atomic E-state index is 0.497. The van der Waals surface area contributed by atoms with Crippen molar-refractivity contribution in [1.29, 1.82) is 10.5 Å². The van der Waals surface area contributed by atoms with Crippen molar-refractivity contribution in [3.63, 3.8) is 0 Å². The Labute approximate surface area is 112 Å². The molecule has 0 aromatic heterocycles. The van der Waals surface area contributed by atoms with Gasteiger partial charge in [0.1, 0.15) is 11.5 Å². The normalized spacial score (nSPS) is 9.16. The van der Waals surface area contributed by atoms with Crippen LogP contribution >= 0.6 is 8.58 Å². The first-order valence-corrected chi connectivity index (χ1v) is 6.41. The highest BCUT2D eigenvalue weighted by molar-refractivity contribution is 7.55. The highest BCUT2D eigenvalue weighted by Crippen LogP contribution is 2.16. The lowest BCUT2D eigenvalue weighted by Gasteiger charge is -2.03. The second-order valence-electron chi connectivity index (χ2n) is 3.56. The van der Waals surface area contributed by atoms with Gasteiger partial charge < -0.3 is 9.47 Å². The smallest absolute Gasteiger partial charge is 0.292 e. The predicted octanol–water partition coefficient (Wildman–Crippen LogP) is 2.04. The molecule has 0 unspecified atom stereocenters. The standard InChI is InChI=1S/C14H9N2O2P/c15-9-17-11-1-5-13(6-2-11)19-14-7-3-12(4-8-14)18-10-16/h1-8,19H. The van der Waals surface area contributed by atoms with Crippen molar-refractivity contribution in [3.8, 4) is 24.0 Å². The molecule has 0 atom stereocenters. The van der Waals surface area contributed by atoms with Crippen LogP contribution < -0.4 is 20.1 Å². The number of hydrogen-bond acceptors (Lipinski definition) is 4. The van der Waals surface area contributed by atoms with Gasteiger partial charge in [-0.15, -0.1) is 10.5 Å². The molecule has 2 aromatic rings. The van der Waals surface area contributed by atoms with Crippen molar-refractivity contribution in [2.75, 3.05) is 0 Å². The van der Waals surface area contributed by atoms with Gasteiger partial charge in [0.25, 0.3) is 12.5 Å². The number of rotatable bonds is 4. The van der Waals surface area contributed by atoms with Crippen LogP contribution in [-0.4, -0.2) is 0 Å². The van der Waals surface area contributed by atoms with E-state index in [-0.39, 0.29) is 0 Å². The molecule has 0 aliphatic rings. The van der Waals surface area contributed by atoms with Crippen molar-refractivity contribution in [2.24, 2.45) is 0 Å². The second kappa shape index (κ2) is 6.40. The Bertz CT molecular complexity index is 567. The lowest BCUT2D eigenvalue weighted by Crippen LogP contribution is -2.02. The van der Waals surface area contributed by atoms with Gasteiger partial charge in [-0.05, 0) is 34.9 Å². The molecule has 0 bridgehead atoms. The Morgan fingerprint density at radius 3 is 1.37 bits per heavy atom. The summed E-state index contributed by atoms with van der Waals surface area (Å²) in [7, 11) is 0.497. The molecule has 0 saturated heterocycles. The zero-order valence-electron chi connectivity index (χ0n) is 9.83. The summed E-state index contributed by atoms with van der Waals surface area (Å²) in [6, 6.07) is 14.7. The maximum absolute atomic E-state index is 8.39. The molecule has 0 heterocycles. The van der Waals surface area contributed by atoms with Gasteiger partial charge in [-0.2, -0.15) is 0 Å². The minimum absolute atomic E-state index is 0.497. The molecule has 19 heavy (non-hydrogen) atoms. The SMILES string of the molecule is N#COc1ccc(Pc2ccc(OC#N)cc2)cc1. The van der Waals surface area contributed by atoms with Crippen LogP contribution in [0.3, 0.4) is 0 Å². The fourth-order valence-electron chi connectivity index (χ4n) is 1.48. The third-order valence-corrected chi connectivity index (χ3v) is 3.57. The fourth-order valence-corrected chi connectivity index (χ4v) is 2.48. The van der Waals surface area contributed by atoms with Gasteiger partial charge in [-0.25, -0.2) is 0 Å². The van der Waals surface area contributed by atoms with Gasteiger partial charge in [-0.1, -0.05) is 32.8 Å². The Balaban J connectivity index is 2.04. The summed E-state index contributed by atoms with van der Waals surface area (Å²) in [5.41, 5.74) is 0. The van der Waals surface area contributed by atoms with E-state index >= 15 is 0 Å². The zero-order chi connectivity index (χ0) is 13.5. The Hall–Kier alpha value is -2.55. The van der Waals surface area contributed by atoms with Crippen molar-refractivity contribution >= 4 is 19.2 Å². The van der Waals surface area contributed by atoms with Crippen LogP contribution in [0, 0.1) is 23.0 Å². The van der Waals surface area contributed by atoms with E-state index < -0.39 is 0 Å². The van der Waals surface area contributed by atoms with E-state index in [1.807, 2.05) is 24.3 Å². The number of benzene rings is 2. The summed E-state index contributed by atoms with van der Waals surface area (Å²) in [5.74, 6) is 1.07. The predicted molar refractivity (Wildman–Crippen MR) is 72.9 cm³/mol. The summed E-state index contributed by atoms with van der Waals surface area (Å²) in [4.78, 5) is 0. The molecule has 0 saturated carbocycles. The lowest BCUT2D eigenvalue weighted by molar-refractivity contribution is 0.507. The van der Waals surface area contributed by atoms with E-state index in [9.17, 15) is 0 Å². The van der Waals surface area contributed by atoms with Crippen LogP contribution in [0.15, 0.2) is 48.5 Å². The molecule has 0 N–H and O–H groups in total. The van der Waals surface area contributed by atoms with Gasteiger partial charge in [0.05, 0.1) is 0 Å². The summed E-state index contributed by atoms with van der Waals surface area (Å²) in [5, 5.41) is 19.1. The van der Waals surface area contributed by atoms with E-state index in [4.69, 9.17) is 20.0 Å². The van der Waals surface area contributed by atoms with Crippen LogP contribution in [0.25, 0.3) is 0 Å². The summed E-state index contributed by atoms with van der Waals surface area (Å²) in [6.07, 6.45) is 3.27. The van der Waals surface area contributed by atoms with Crippen molar-refractivity contribution in [2.45, 2.75) is 0 Å². The molecular formula is C14H9N2O2P. The third kappa shape index (κ3) is 3.71. The number of ether oxygens (including phenoxy) is 2. The van der Waals surface area contributed by atoms with Gasteiger partial charge in [0.15, 0.2) is 0 Å². The fraction of sp³-hybridized carbons (Fsp3) is 0. The average molecular weight is 268 g/mol. The van der Waals surface area contributed by atoms with Gasteiger partial charge in [0.2, 0.25) is 0 Å². The molecular weight excluding hydrogens is 259 g/mol. The Morgan fingerprint density at radius 2 is 1.05 bits per heavy atom. The molecule has 2 rings (SSSR count). The molecule has 0 aliphatic carbocycles. The maximum atomic E-state index is 8.39. The van der Waals surface area contributed by atoms with E-state index in [2.05, 4.69) is 0 Å². The van der Waals surface area contributed by atoms with Crippen molar-refractivity contribution in [3.05, 3.63) is 48.5 Å². The Kier molecular flexibility index (Phi) is 4.34. The monoisotopic (exact) mass is 268 g/mol. The molecule has 0 radical (unpaired) electrons. The van der Waals surface area contributed by atoms with Crippen LogP contribution in [-0.2, 0) is 0 Å². The van der Waals surface area contributed by atoms with Crippen LogP contribution in [0.4, 0.5) is 0 Å². The van der Waals surface area contributed by atoms with Crippen LogP contribution in [0.2, 0.25) is 0 Å². The highest BCUT2D eigenvalue weighted by Gasteiger charge is 1.99. The summed E-state index contributed by atoms with van der Waals surface area (Å²) < 4.78 is 9.43. The van der Waals surface area contributed by atoms with Crippen molar-refractivity contribution in [1.82, 2.24) is 0 Å². The summed E-state index contributed by atoms with van der Waals surface area (Å²) in [6.45, 7) is 0. The molecule has 92 valence electrons. The first-order chi connectivity index (χ1) is 9.31. The molecule has 5 heteroatoms. The molecule has 2 aromatic carbocycles. The topological polar surface area (TPSA) is 66.0 Å². The molecule has 0 fully saturated rings. The van der Waals surface area contributed by atoms with Gasteiger partial charge in [0, 0.05) is 0 Å². The van der Waals surface area contributed by atoms with E-state index in [0.29, 0.717) is 20.1 Å². The first-order valence-electron chi connectivity index (χ1n) is 5.41. The lowest BCUT2D eigenvalue weighted by atomic mass is 10.3. The Morgan fingerprint density at radius 1 is 0.684 bits per heavy atom. The number of hydrogen-bond donors (Lipinski definition) is 0. The minimum Gasteiger partial charge on any atom is -0.388 e. The van der Waals surface area contributed by atoms with Gasteiger partial charge >= 0.3 is 0 Å². The van der Waals surface area contributed by atoms with E-state index in [0.717, 1.165) is 10.6 Å². The third-order valence-electron chi connectivity index (χ3n) is 2.32. The second-order valence-corrected chi connectivity index (χ2v) is 4.97. The largest absolute Gasteiger partial charge is 0.388 e. The van der Waals surface area contributed by atoms with Crippen LogP contribution in [0.1, 0.15) is 0 Å². The zero-order valence-corrected chi connectivity index (χ0v) is 10.8. The molecule has 0 aliphatic heterocycles. The van der Waals surface area contributed by atoms with Crippen molar-refractivity contribution < 1.29 is 9.47 Å². The van der Waals surface area contributed by atoms with E-state index in [1.165, 1.54) is 0 Å². The van der Waals surface area contributed by atoms with Gasteiger partial charge in [-0.3, -0.25) is 0 Å². The molecule has 0 amide bonds. The number of nitrogens with zero attached hydrogens (tertiary/aromatic N) is 2. The maximum Gasteiger partial charge on any atom is 0.292 e. The highest BCUT2D eigenvalue weighted by atomic mass is 31.1. The van der Waals surface area contributed by atoms with Crippen LogP contribution in [0.5, 0.6) is 11.5 Å².